The van der Waals surface area contributed by atoms with Crippen molar-refractivity contribution in [2.45, 2.75) is 45.3 Å². The van der Waals surface area contributed by atoms with Crippen LogP contribution in [-0.4, -0.2) is 47.8 Å². The van der Waals surface area contributed by atoms with Crippen molar-refractivity contribution in [1.82, 2.24) is 29.3 Å². The summed E-state index contributed by atoms with van der Waals surface area (Å²) >= 11 is 0. The van der Waals surface area contributed by atoms with Crippen LogP contribution in [0.5, 0.6) is 0 Å². The number of carbonyl (C=O) groups is 1. The van der Waals surface area contributed by atoms with Gasteiger partial charge in [-0.25, -0.2) is 9.50 Å². The topological polar surface area (TPSA) is 68.3 Å². The first kappa shape index (κ1) is 19.4. The van der Waals surface area contributed by atoms with Crippen LogP contribution in [0, 0.1) is 6.92 Å². The monoisotopic (exact) mass is 406 g/mol. The number of piperidine rings is 1. The fourth-order valence-electron chi connectivity index (χ4n) is 3.86. The van der Waals surface area contributed by atoms with Crippen molar-refractivity contribution in [3.63, 3.8) is 0 Å². The van der Waals surface area contributed by atoms with E-state index < -0.39 is 11.9 Å². The van der Waals surface area contributed by atoms with E-state index in [0.717, 1.165) is 25.3 Å². The molecule has 0 aliphatic carbocycles. The van der Waals surface area contributed by atoms with Crippen molar-refractivity contribution in [3.05, 3.63) is 35.4 Å². The van der Waals surface area contributed by atoms with Gasteiger partial charge in [0.05, 0.1) is 17.6 Å². The lowest BCUT2D eigenvalue weighted by Crippen LogP contribution is -2.42. The Morgan fingerprint density at radius 2 is 2.03 bits per heavy atom. The van der Waals surface area contributed by atoms with Gasteiger partial charge in [0.15, 0.2) is 11.3 Å². The van der Waals surface area contributed by atoms with Gasteiger partial charge in [-0.05, 0) is 39.2 Å². The summed E-state index contributed by atoms with van der Waals surface area (Å²) in [5.41, 5.74) is 0.137. The van der Waals surface area contributed by atoms with Gasteiger partial charge in [-0.2, -0.15) is 23.4 Å². The van der Waals surface area contributed by atoms with E-state index in [1.165, 1.54) is 10.9 Å². The van der Waals surface area contributed by atoms with Crippen LogP contribution in [0.4, 0.5) is 13.2 Å². The molecule has 0 saturated carbocycles. The molecule has 3 aromatic heterocycles. The van der Waals surface area contributed by atoms with E-state index in [-0.39, 0.29) is 28.9 Å². The number of likely N-dealkylation sites (tertiary alicyclic amines) is 1. The highest BCUT2D eigenvalue weighted by molar-refractivity contribution is 6.00. The van der Waals surface area contributed by atoms with Gasteiger partial charge in [-0.1, -0.05) is 0 Å². The smallest absolute Gasteiger partial charge is 0.336 e. The molecule has 0 radical (unpaired) electrons. The molecule has 0 aromatic carbocycles. The lowest BCUT2D eigenvalue weighted by molar-refractivity contribution is -0.142. The molecule has 1 atom stereocenters. The van der Waals surface area contributed by atoms with Crippen molar-refractivity contribution in [3.8, 4) is 11.3 Å². The molecular weight excluding hydrogens is 385 g/mol. The summed E-state index contributed by atoms with van der Waals surface area (Å²) in [6, 6.07) is 0.971. The predicted octanol–water partition coefficient (Wildman–Crippen LogP) is 3.47. The van der Waals surface area contributed by atoms with Gasteiger partial charge in [0.25, 0.3) is 5.91 Å². The Kier molecular flexibility index (Phi) is 4.59. The second kappa shape index (κ2) is 6.85. The van der Waals surface area contributed by atoms with Crippen molar-refractivity contribution in [2.75, 3.05) is 6.54 Å². The molecule has 4 heterocycles. The highest BCUT2D eigenvalue weighted by Crippen LogP contribution is 2.33. The number of aryl methyl sites for hydroxylation is 2. The maximum Gasteiger partial charge on any atom is 0.433 e. The average molecular weight is 406 g/mol. The highest BCUT2D eigenvalue weighted by atomic mass is 19.4. The van der Waals surface area contributed by atoms with Crippen molar-refractivity contribution < 1.29 is 18.0 Å². The third-order valence-electron chi connectivity index (χ3n) is 5.35. The average Bonchev–Trinajstić information content (AvgIpc) is 3.22. The Bertz CT molecular complexity index is 1080. The van der Waals surface area contributed by atoms with E-state index in [4.69, 9.17) is 0 Å². The minimum Gasteiger partial charge on any atom is -0.336 e. The molecule has 0 bridgehead atoms. The second-order valence-corrected chi connectivity index (χ2v) is 7.46. The second-order valence-electron chi connectivity index (χ2n) is 7.46. The molecule has 1 amide bonds. The Balaban J connectivity index is 1.90. The molecule has 1 saturated heterocycles. The summed E-state index contributed by atoms with van der Waals surface area (Å²) < 4.78 is 43.4. The van der Waals surface area contributed by atoms with E-state index in [1.807, 2.05) is 6.92 Å². The fourth-order valence-corrected chi connectivity index (χ4v) is 3.86. The van der Waals surface area contributed by atoms with Crippen LogP contribution >= 0.6 is 0 Å². The predicted molar refractivity (Wildman–Crippen MR) is 99.3 cm³/mol. The zero-order valence-electron chi connectivity index (χ0n) is 16.4. The molecule has 0 unspecified atom stereocenters. The van der Waals surface area contributed by atoms with Crippen molar-refractivity contribution in [1.29, 1.82) is 0 Å². The quantitative estimate of drug-likeness (QED) is 0.654. The van der Waals surface area contributed by atoms with E-state index in [9.17, 15) is 18.0 Å². The number of alkyl halides is 3. The standard InChI is InChI=1S/C19H21F3N6O/c1-11-6-4-5-7-27(11)18(29)13-9-23-28-16(19(20,21)22)8-15(24-17(13)28)14-10-26(3)25-12(14)2/h8-11H,4-7H2,1-3H3/t11-/m1/s1. The van der Waals surface area contributed by atoms with E-state index in [1.54, 1.807) is 25.1 Å². The highest BCUT2D eigenvalue weighted by Gasteiger charge is 2.37. The molecule has 29 heavy (non-hydrogen) atoms. The van der Waals surface area contributed by atoms with Crippen LogP contribution in [0.2, 0.25) is 0 Å². The number of hydrogen-bond donors (Lipinski definition) is 0. The third-order valence-corrected chi connectivity index (χ3v) is 5.35. The molecule has 0 N–H and O–H groups in total. The molecule has 154 valence electrons. The van der Waals surface area contributed by atoms with Gasteiger partial charge in [-0.3, -0.25) is 9.48 Å². The summed E-state index contributed by atoms with van der Waals surface area (Å²) in [5.74, 6) is -0.340. The summed E-state index contributed by atoms with van der Waals surface area (Å²) in [4.78, 5) is 19.2. The molecule has 1 fully saturated rings. The minimum absolute atomic E-state index is 0.0250. The Morgan fingerprint density at radius 3 is 2.66 bits per heavy atom. The Hall–Kier alpha value is -2.91. The van der Waals surface area contributed by atoms with Gasteiger partial charge in [0.2, 0.25) is 0 Å². The zero-order chi connectivity index (χ0) is 20.9. The Morgan fingerprint density at radius 1 is 1.28 bits per heavy atom. The fraction of sp³-hybridized carbons (Fsp3) is 0.474. The SMILES string of the molecule is Cc1nn(C)cc1-c1cc(C(F)(F)F)n2ncc(C(=O)N3CCCC[C@H]3C)c2n1. The maximum absolute atomic E-state index is 13.7. The van der Waals surface area contributed by atoms with Crippen LogP contribution < -0.4 is 0 Å². The first-order chi connectivity index (χ1) is 13.7. The van der Waals surface area contributed by atoms with Crippen molar-refractivity contribution >= 4 is 11.6 Å². The first-order valence-electron chi connectivity index (χ1n) is 9.44. The van der Waals surface area contributed by atoms with Crippen molar-refractivity contribution in [2.24, 2.45) is 7.05 Å². The van der Waals surface area contributed by atoms with Gasteiger partial charge in [0.1, 0.15) is 5.56 Å². The number of rotatable bonds is 2. The van der Waals surface area contributed by atoms with Crippen LogP contribution in [0.15, 0.2) is 18.5 Å². The van der Waals surface area contributed by atoms with Crippen LogP contribution in [0.25, 0.3) is 16.9 Å². The van der Waals surface area contributed by atoms with Gasteiger partial charge < -0.3 is 4.90 Å². The molecule has 4 rings (SSSR count). The first-order valence-corrected chi connectivity index (χ1v) is 9.44. The van der Waals surface area contributed by atoms with Gasteiger partial charge in [0, 0.05) is 31.4 Å². The number of halogens is 3. The molecule has 10 heteroatoms. The maximum atomic E-state index is 13.7. The third kappa shape index (κ3) is 3.36. The zero-order valence-corrected chi connectivity index (χ0v) is 16.4. The Labute approximate surface area is 165 Å². The number of carbonyl (C=O) groups excluding carboxylic acids is 1. The molecular formula is C19H21F3N6O. The number of hydrogen-bond acceptors (Lipinski definition) is 4. The number of aromatic nitrogens is 5. The summed E-state index contributed by atoms with van der Waals surface area (Å²) in [6.45, 7) is 4.22. The summed E-state index contributed by atoms with van der Waals surface area (Å²) in [6.07, 6.45) is 0.903. The summed E-state index contributed by atoms with van der Waals surface area (Å²) in [7, 11) is 1.69. The van der Waals surface area contributed by atoms with E-state index >= 15 is 0 Å². The van der Waals surface area contributed by atoms with Gasteiger partial charge in [-0.15, -0.1) is 0 Å². The molecule has 1 aliphatic heterocycles. The van der Waals surface area contributed by atoms with E-state index in [2.05, 4.69) is 15.2 Å². The van der Waals surface area contributed by atoms with Crippen LogP contribution in [0.1, 0.15) is 47.9 Å². The van der Waals surface area contributed by atoms with E-state index in [0.29, 0.717) is 22.3 Å². The molecule has 3 aromatic rings. The lowest BCUT2D eigenvalue weighted by Gasteiger charge is -2.33. The van der Waals surface area contributed by atoms with Crippen LogP contribution in [0.3, 0.4) is 0 Å². The summed E-state index contributed by atoms with van der Waals surface area (Å²) in [5, 5.41) is 8.04. The lowest BCUT2D eigenvalue weighted by atomic mass is 10.0. The largest absolute Gasteiger partial charge is 0.433 e. The molecule has 0 spiro atoms. The van der Waals surface area contributed by atoms with Crippen LogP contribution in [-0.2, 0) is 13.2 Å². The minimum atomic E-state index is -4.66. The molecule has 7 nitrogen and oxygen atoms in total. The molecule has 1 aliphatic rings. The number of fused-ring (bicyclic) bond motifs is 1. The number of nitrogens with zero attached hydrogens (tertiary/aromatic N) is 6. The van der Waals surface area contributed by atoms with Gasteiger partial charge >= 0.3 is 6.18 Å². The normalized spacial score (nSPS) is 17.9. The number of amides is 1.